The van der Waals surface area contributed by atoms with Gasteiger partial charge in [0.05, 0.1) is 24.3 Å². The zero-order valence-electron chi connectivity index (χ0n) is 16.8. The number of benzene rings is 1. The van der Waals surface area contributed by atoms with Gasteiger partial charge in [-0.1, -0.05) is 12.1 Å². The SMILES string of the molecule is COC(=O)c1ccc(-c2ccc(C=Nn3cnc4sc5c(c4c3=O)CCCC5)o2)cc1. The molecule has 0 atom stereocenters. The second-order valence-corrected chi connectivity index (χ2v) is 8.38. The highest BCUT2D eigenvalue weighted by atomic mass is 32.1. The molecule has 0 bridgehead atoms. The van der Waals surface area contributed by atoms with Crippen LogP contribution >= 0.6 is 11.3 Å². The number of carbonyl (C=O) groups excluding carboxylic acids is 1. The van der Waals surface area contributed by atoms with Crippen LogP contribution in [0.4, 0.5) is 0 Å². The number of esters is 1. The van der Waals surface area contributed by atoms with Gasteiger partial charge >= 0.3 is 5.97 Å². The number of aromatic nitrogens is 2. The summed E-state index contributed by atoms with van der Waals surface area (Å²) in [7, 11) is 1.35. The molecule has 5 rings (SSSR count). The van der Waals surface area contributed by atoms with E-state index in [1.807, 2.05) is 6.07 Å². The molecule has 1 aliphatic carbocycles. The summed E-state index contributed by atoms with van der Waals surface area (Å²) in [5, 5.41) is 4.98. The Bertz CT molecular complexity index is 1360. The number of carbonyl (C=O) groups is 1. The molecule has 0 aliphatic heterocycles. The monoisotopic (exact) mass is 433 g/mol. The first-order valence-electron chi connectivity index (χ1n) is 9.99. The summed E-state index contributed by atoms with van der Waals surface area (Å²) >= 11 is 1.62. The van der Waals surface area contributed by atoms with E-state index in [0.29, 0.717) is 22.5 Å². The highest BCUT2D eigenvalue weighted by Crippen LogP contribution is 2.33. The molecule has 7 nitrogen and oxygen atoms in total. The van der Waals surface area contributed by atoms with Crippen molar-refractivity contribution in [1.29, 1.82) is 0 Å². The minimum absolute atomic E-state index is 0.147. The summed E-state index contributed by atoms with van der Waals surface area (Å²) in [5.41, 5.74) is 2.28. The van der Waals surface area contributed by atoms with Gasteiger partial charge in [-0.2, -0.15) is 9.78 Å². The third-order valence-electron chi connectivity index (χ3n) is 5.39. The molecular weight excluding hydrogens is 414 g/mol. The first kappa shape index (κ1) is 19.4. The lowest BCUT2D eigenvalue weighted by Crippen LogP contribution is -2.17. The zero-order valence-corrected chi connectivity index (χ0v) is 17.6. The first-order valence-corrected chi connectivity index (χ1v) is 10.8. The standard InChI is InChI=1S/C23H19N3O4S/c1-29-23(28)15-8-6-14(7-9-15)18-11-10-16(30-18)12-25-26-13-24-21-20(22(26)27)17-4-2-3-5-19(17)31-21/h6-13H,2-5H2,1H3. The van der Waals surface area contributed by atoms with Gasteiger partial charge < -0.3 is 9.15 Å². The van der Waals surface area contributed by atoms with Crippen molar-refractivity contribution in [2.75, 3.05) is 7.11 Å². The van der Waals surface area contributed by atoms with Gasteiger partial charge in [0.15, 0.2) is 0 Å². The summed E-state index contributed by atoms with van der Waals surface area (Å²) in [5.74, 6) is 0.749. The predicted molar refractivity (Wildman–Crippen MR) is 119 cm³/mol. The molecule has 3 heterocycles. The van der Waals surface area contributed by atoms with Gasteiger partial charge in [0.1, 0.15) is 22.7 Å². The Kier molecular flexibility index (Phi) is 4.99. The van der Waals surface area contributed by atoms with Crippen molar-refractivity contribution in [2.45, 2.75) is 25.7 Å². The smallest absolute Gasteiger partial charge is 0.337 e. The molecule has 0 saturated heterocycles. The van der Waals surface area contributed by atoms with Crippen molar-refractivity contribution in [3.63, 3.8) is 0 Å². The normalized spacial score (nSPS) is 13.6. The molecule has 0 unspecified atom stereocenters. The minimum Gasteiger partial charge on any atom is -0.465 e. The summed E-state index contributed by atoms with van der Waals surface area (Å²) in [6.07, 6.45) is 7.17. The molecule has 1 aliphatic rings. The fourth-order valence-electron chi connectivity index (χ4n) is 3.80. The zero-order chi connectivity index (χ0) is 21.4. The number of hydrogen-bond acceptors (Lipinski definition) is 7. The highest BCUT2D eigenvalue weighted by molar-refractivity contribution is 7.18. The average Bonchev–Trinajstić information content (AvgIpc) is 3.43. The maximum Gasteiger partial charge on any atom is 0.337 e. The van der Waals surface area contributed by atoms with Crippen LogP contribution in [0.2, 0.25) is 0 Å². The fraction of sp³-hybridized carbons (Fsp3) is 0.217. The van der Waals surface area contributed by atoms with Gasteiger partial charge in [-0.25, -0.2) is 9.78 Å². The largest absolute Gasteiger partial charge is 0.465 e. The Balaban J connectivity index is 1.41. The summed E-state index contributed by atoms with van der Waals surface area (Å²) in [6.45, 7) is 0. The molecule has 3 aromatic heterocycles. The van der Waals surface area contributed by atoms with Crippen LogP contribution in [0.5, 0.6) is 0 Å². The van der Waals surface area contributed by atoms with E-state index in [2.05, 4.69) is 10.1 Å². The Morgan fingerprint density at radius 3 is 2.81 bits per heavy atom. The second kappa shape index (κ2) is 7.96. The predicted octanol–water partition coefficient (Wildman–Crippen LogP) is 4.27. The van der Waals surface area contributed by atoms with Gasteiger partial charge in [-0.15, -0.1) is 11.3 Å². The maximum atomic E-state index is 13.0. The second-order valence-electron chi connectivity index (χ2n) is 7.30. The molecule has 0 radical (unpaired) electrons. The van der Waals surface area contributed by atoms with E-state index in [1.54, 1.807) is 41.7 Å². The average molecular weight is 433 g/mol. The molecule has 31 heavy (non-hydrogen) atoms. The molecule has 0 amide bonds. The van der Waals surface area contributed by atoms with Crippen LogP contribution in [0.15, 0.2) is 57.0 Å². The van der Waals surface area contributed by atoms with E-state index in [-0.39, 0.29) is 11.5 Å². The Hall–Kier alpha value is -3.52. The third-order valence-corrected chi connectivity index (χ3v) is 6.59. The van der Waals surface area contributed by atoms with Gasteiger partial charge in [0.25, 0.3) is 5.56 Å². The number of methoxy groups -OCH3 is 1. The fourth-order valence-corrected chi connectivity index (χ4v) is 5.02. The van der Waals surface area contributed by atoms with Crippen molar-refractivity contribution < 1.29 is 13.9 Å². The van der Waals surface area contributed by atoms with E-state index < -0.39 is 0 Å². The van der Waals surface area contributed by atoms with Crippen LogP contribution in [0.3, 0.4) is 0 Å². The van der Waals surface area contributed by atoms with E-state index in [4.69, 9.17) is 9.15 Å². The quantitative estimate of drug-likeness (QED) is 0.354. The van der Waals surface area contributed by atoms with Crippen molar-refractivity contribution in [3.05, 3.63) is 74.8 Å². The van der Waals surface area contributed by atoms with Crippen LogP contribution < -0.4 is 5.56 Å². The van der Waals surface area contributed by atoms with Crippen LogP contribution in [0.25, 0.3) is 21.5 Å². The maximum absolute atomic E-state index is 13.0. The molecule has 156 valence electrons. The van der Waals surface area contributed by atoms with Crippen molar-refractivity contribution >= 4 is 33.7 Å². The lowest BCUT2D eigenvalue weighted by molar-refractivity contribution is 0.0600. The Morgan fingerprint density at radius 2 is 2.00 bits per heavy atom. The third kappa shape index (κ3) is 3.59. The Labute approximate surface area is 181 Å². The summed E-state index contributed by atoms with van der Waals surface area (Å²) in [4.78, 5) is 31.0. The van der Waals surface area contributed by atoms with E-state index in [9.17, 15) is 9.59 Å². The van der Waals surface area contributed by atoms with Gasteiger partial charge in [-0.3, -0.25) is 4.79 Å². The number of ether oxygens (including phenoxy) is 1. The van der Waals surface area contributed by atoms with Crippen LogP contribution in [0, 0.1) is 0 Å². The number of nitrogens with zero attached hydrogens (tertiary/aromatic N) is 3. The molecular formula is C23H19N3O4S. The lowest BCUT2D eigenvalue weighted by Gasteiger charge is -2.09. The van der Waals surface area contributed by atoms with Crippen molar-refractivity contribution in [1.82, 2.24) is 9.66 Å². The van der Waals surface area contributed by atoms with Crippen LogP contribution in [-0.4, -0.2) is 29.0 Å². The van der Waals surface area contributed by atoms with Crippen LogP contribution in [0.1, 0.15) is 39.4 Å². The highest BCUT2D eigenvalue weighted by Gasteiger charge is 2.19. The van der Waals surface area contributed by atoms with E-state index >= 15 is 0 Å². The van der Waals surface area contributed by atoms with E-state index in [1.165, 1.54) is 35.6 Å². The number of fused-ring (bicyclic) bond motifs is 3. The molecule has 8 heteroatoms. The molecule has 0 spiro atoms. The molecule has 0 saturated carbocycles. The molecule has 1 aromatic carbocycles. The topological polar surface area (TPSA) is 86.7 Å². The number of rotatable bonds is 4. The molecule has 0 fully saturated rings. The number of hydrogen-bond donors (Lipinski definition) is 0. The van der Waals surface area contributed by atoms with Crippen LogP contribution in [-0.2, 0) is 17.6 Å². The number of furan rings is 1. The lowest BCUT2D eigenvalue weighted by atomic mass is 9.97. The first-order chi connectivity index (χ1) is 15.1. The summed E-state index contributed by atoms with van der Waals surface area (Å²) in [6, 6.07) is 10.5. The van der Waals surface area contributed by atoms with Gasteiger partial charge in [0, 0.05) is 10.4 Å². The summed E-state index contributed by atoms with van der Waals surface area (Å²) < 4.78 is 11.8. The van der Waals surface area contributed by atoms with Crippen molar-refractivity contribution in [3.8, 4) is 11.3 Å². The van der Waals surface area contributed by atoms with E-state index in [0.717, 1.165) is 35.2 Å². The Morgan fingerprint density at radius 1 is 1.19 bits per heavy atom. The number of thiophene rings is 1. The molecule has 4 aromatic rings. The van der Waals surface area contributed by atoms with Crippen molar-refractivity contribution in [2.24, 2.45) is 5.10 Å². The van der Waals surface area contributed by atoms with Gasteiger partial charge in [-0.05, 0) is 55.5 Å². The number of aryl methyl sites for hydroxylation is 2. The van der Waals surface area contributed by atoms with Gasteiger partial charge in [0.2, 0.25) is 0 Å². The minimum atomic E-state index is -0.387. The molecule has 0 N–H and O–H groups in total.